The summed E-state index contributed by atoms with van der Waals surface area (Å²) in [6, 6.07) is 2.33. The first kappa shape index (κ1) is 19.0. The van der Waals surface area contributed by atoms with E-state index in [1.165, 1.54) is 49.0 Å². The molecule has 0 saturated carbocycles. The molecule has 0 aromatic carbocycles. The standard InChI is InChI=1S/C20H30N2OS/c1-3-5-6-7-8-9-10-19(23)22-20-17(14-21)16-12-11-15(4-2)13-18(16)24-20/h15H,3-13H2,1-2H3,(H,22,23). The van der Waals surface area contributed by atoms with Crippen LogP contribution in [-0.2, 0) is 17.6 Å². The van der Waals surface area contributed by atoms with E-state index in [0.717, 1.165) is 42.2 Å². The number of hydrogen-bond acceptors (Lipinski definition) is 3. The summed E-state index contributed by atoms with van der Waals surface area (Å²) in [7, 11) is 0. The van der Waals surface area contributed by atoms with Gasteiger partial charge in [0.05, 0.1) is 5.56 Å². The van der Waals surface area contributed by atoms with Gasteiger partial charge in [0.2, 0.25) is 5.91 Å². The number of rotatable bonds is 9. The molecule has 0 fully saturated rings. The molecule has 1 amide bonds. The van der Waals surface area contributed by atoms with Crippen molar-refractivity contribution in [3.8, 4) is 6.07 Å². The highest BCUT2D eigenvalue weighted by Crippen LogP contribution is 2.40. The highest BCUT2D eigenvalue weighted by molar-refractivity contribution is 7.16. The van der Waals surface area contributed by atoms with Crippen LogP contribution in [0.15, 0.2) is 0 Å². The van der Waals surface area contributed by atoms with Crippen LogP contribution in [0.1, 0.15) is 87.6 Å². The topological polar surface area (TPSA) is 52.9 Å². The highest BCUT2D eigenvalue weighted by atomic mass is 32.1. The average molecular weight is 347 g/mol. The molecule has 1 aliphatic carbocycles. The predicted molar refractivity (Wildman–Crippen MR) is 101 cm³/mol. The summed E-state index contributed by atoms with van der Waals surface area (Å²) in [5, 5.41) is 13.3. The van der Waals surface area contributed by atoms with Crippen LogP contribution in [0, 0.1) is 17.2 Å². The molecule has 3 nitrogen and oxygen atoms in total. The van der Waals surface area contributed by atoms with E-state index < -0.39 is 0 Å². The fourth-order valence-electron chi connectivity index (χ4n) is 3.46. The fraction of sp³-hybridized carbons (Fsp3) is 0.700. The number of nitrogens with zero attached hydrogens (tertiary/aromatic N) is 1. The lowest BCUT2D eigenvalue weighted by molar-refractivity contribution is -0.116. The Morgan fingerprint density at radius 2 is 2.00 bits per heavy atom. The van der Waals surface area contributed by atoms with Crippen LogP contribution < -0.4 is 5.32 Å². The number of carbonyl (C=O) groups is 1. The lowest BCUT2D eigenvalue weighted by atomic mass is 9.86. The van der Waals surface area contributed by atoms with E-state index in [1.54, 1.807) is 11.3 Å². The molecule has 24 heavy (non-hydrogen) atoms. The number of carbonyl (C=O) groups excluding carboxylic acids is 1. The molecule has 1 N–H and O–H groups in total. The summed E-state index contributed by atoms with van der Waals surface area (Å²) < 4.78 is 0. The first-order valence-electron chi connectivity index (χ1n) is 9.54. The van der Waals surface area contributed by atoms with Gasteiger partial charge in [-0.1, -0.05) is 52.4 Å². The molecule has 0 radical (unpaired) electrons. The third-order valence-corrected chi connectivity index (χ3v) is 6.24. The number of anilines is 1. The second-order valence-corrected chi connectivity index (χ2v) is 8.01. The minimum absolute atomic E-state index is 0.0626. The van der Waals surface area contributed by atoms with Crippen LogP contribution in [0.25, 0.3) is 0 Å². The molecule has 0 bridgehead atoms. The van der Waals surface area contributed by atoms with Gasteiger partial charge >= 0.3 is 0 Å². The number of nitriles is 1. The molecule has 4 heteroatoms. The SMILES string of the molecule is CCCCCCCCC(=O)Nc1sc2c(c1C#N)CCC(CC)C2. The maximum atomic E-state index is 12.2. The van der Waals surface area contributed by atoms with Crippen LogP contribution in [0.5, 0.6) is 0 Å². The van der Waals surface area contributed by atoms with Crippen LogP contribution in [0.4, 0.5) is 5.00 Å². The van der Waals surface area contributed by atoms with Crippen molar-refractivity contribution < 1.29 is 4.79 Å². The maximum Gasteiger partial charge on any atom is 0.225 e. The molecular formula is C20H30N2OS. The Bertz CT molecular complexity index is 585. The summed E-state index contributed by atoms with van der Waals surface area (Å²) >= 11 is 1.63. The largest absolute Gasteiger partial charge is 0.317 e. The number of hydrogen-bond donors (Lipinski definition) is 1. The van der Waals surface area contributed by atoms with E-state index in [4.69, 9.17) is 0 Å². The molecule has 1 atom stereocenters. The third-order valence-electron chi connectivity index (χ3n) is 5.07. The van der Waals surface area contributed by atoms with Gasteiger partial charge < -0.3 is 5.32 Å². The van der Waals surface area contributed by atoms with Crippen LogP contribution in [0.2, 0.25) is 0 Å². The fourth-order valence-corrected chi connectivity index (χ4v) is 4.79. The monoisotopic (exact) mass is 346 g/mol. The second kappa shape index (κ2) is 9.84. The van der Waals surface area contributed by atoms with E-state index >= 15 is 0 Å². The van der Waals surface area contributed by atoms with E-state index in [1.807, 2.05) is 0 Å². The summed E-state index contributed by atoms with van der Waals surface area (Å²) in [5.41, 5.74) is 1.92. The first-order valence-corrected chi connectivity index (χ1v) is 10.4. The summed E-state index contributed by atoms with van der Waals surface area (Å²) in [4.78, 5) is 13.5. The molecule has 2 rings (SSSR count). The van der Waals surface area contributed by atoms with Gasteiger partial charge in [0.1, 0.15) is 11.1 Å². The van der Waals surface area contributed by atoms with Crippen molar-refractivity contribution in [1.82, 2.24) is 0 Å². The van der Waals surface area contributed by atoms with Gasteiger partial charge in [0, 0.05) is 11.3 Å². The molecule has 1 aliphatic rings. The molecule has 0 spiro atoms. The van der Waals surface area contributed by atoms with E-state index in [9.17, 15) is 10.1 Å². The van der Waals surface area contributed by atoms with Gasteiger partial charge in [-0.25, -0.2) is 0 Å². The average Bonchev–Trinajstić information content (AvgIpc) is 2.93. The Morgan fingerprint density at radius 1 is 1.25 bits per heavy atom. The number of thiophene rings is 1. The molecule has 132 valence electrons. The number of unbranched alkanes of at least 4 members (excludes halogenated alkanes) is 5. The van der Waals surface area contributed by atoms with Crippen molar-refractivity contribution in [2.45, 2.75) is 84.5 Å². The van der Waals surface area contributed by atoms with E-state index in [2.05, 4.69) is 25.2 Å². The molecule has 1 heterocycles. The lowest BCUT2D eigenvalue weighted by Gasteiger charge is -2.20. The van der Waals surface area contributed by atoms with Crippen molar-refractivity contribution in [3.63, 3.8) is 0 Å². The van der Waals surface area contributed by atoms with E-state index in [-0.39, 0.29) is 5.91 Å². The maximum absolute atomic E-state index is 12.2. The number of amides is 1. The Kier molecular flexibility index (Phi) is 7.78. The lowest BCUT2D eigenvalue weighted by Crippen LogP contribution is -2.12. The number of nitrogens with one attached hydrogen (secondary N) is 1. The van der Waals surface area contributed by atoms with Crippen molar-refractivity contribution >= 4 is 22.2 Å². The smallest absolute Gasteiger partial charge is 0.225 e. The first-order chi connectivity index (χ1) is 11.7. The normalized spacial score (nSPS) is 16.5. The highest BCUT2D eigenvalue weighted by Gasteiger charge is 2.25. The summed E-state index contributed by atoms with van der Waals surface area (Å²) in [6.07, 6.45) is 12.1. The van der Waals surface area contributed by atoms with Gasteiger partial charge in [-0.05, 0) is 37.2 Å². The van der Waals surface area contributed by atoms with Gasteiger partial charge in [-0.15, -0.1) is 11.3 Å². The molecule has 1 unspecified atom stereocenters. The summed E-state index contributed by atoms with van der Waals surface area (Å²) in [6.45, 7) is 4.45. The molecule has 0 aliphatic heterocycles. The zero-order valence-corrected chi connectivity index (χ0v) is 15.9. The Morgan fingerprint density at radius 3 is 2.71 bits per heavy atom. The van der Waals surface area contributed by atoms with Crippen LogP contribution >= 0.6 is 11.3 Å². The number of fused-ring (bicyclic) bond motifs is 1. The van der Waals surface area contributed by atoms with Crippen molar-refractivity contribution in [3.05, 3.63) is 16.0 Å². The molecule has 1 aromatic rings. The quantitative estimate of drug-likeness (QED) is 0.572. The van der Waals surface area contributed by atoms with Gasteiger partial charge in [0.25, 0.3) is 0 Å². The van der Waals surface area contributed by atoms with Gasteiger partial charge in [-0.3, -0.25) is 4.79 Å². The van der Waals surface area contributed by atoms with Crippen LogP contribution in [-0.4, -0.2) is 5.91 Å². The zero-order chi connectivity index (χ0) is 17.4. The Balaban J connectivity index is 1.87. The Labute approximate surface area is 150 Å². The van der Waals surface area contributed by atoms with Gasteiger partial charge in [0.15, 0.2) is 0 Å². The Hall–Kier alpha value is -1.34. The zero-order valence-electron chi connectivity index (χ0n) is 15.1. The summed E-state index contributed by atoms with van der Waals surface area (Å²) in [5.74, 6) is 0.794. The van der Waals surface area contributed by atoms with E-state index in [0.29, 0.717) is 6.42 Å². The van der Waals surface area contributed by atoms with Crippen molar-refractivity contribution in [2.24, 2.45) is 5.92 Å². The third kappa shape index (κ3) is 5.08. The van der Waals surface area contributed by atoms with Crippen LogP contribution in [0.3, 0.4) is 0 Å². The predicted octanol–water partition coefficient (Wildman–Crippen LogP) is 5.82. The molecule has 1 aromatic heterocycles. The van der Waals surface area contributed by atoms with Crippen molar-refractivity contribution in [2.75, 3.05) is 5.32 Å². The van der Waals surface area contributed by atoms with Gasteiger partial charge in [-0.2, -0.15) is 5.26 Å². The minimum atomic E-state index is 0.0626. The molecule has 0 saturated heterocycles. The minimum Gasteiger partial charge on any atom is -0.317 e. The van der Waals surface area contributed by atoms with Crippen molar-refractivity contribution in [1.29, 1.82) is 5.26 Å². The molecular weight excluding hydrogens is 316 g/mol. The second-order valence-electron chi connectivity index (χ2n) is 6.90.